The highest BCUT2D eigenvalue weighted by Crippen LogP contribution is 2.38. The Morgan fingerprint density at radius 2 is 1.39 bits per heavy atom. The van der Waals surface area contributed by atoms with Crippen LogP contribution in [0.1, 0.15) is 85.8 Å². The van der Waals surface area contributed by atoms with E-state index in [1.165, 1.54) is 7.11 Å². The summed E-state index contributed by atoms with van der Waals surface area (Å²) in [5.41, 5.74) is 16.1. The van der Waals surface area contributed by atoms with E-state index in [2.05, 4.69) is 31.1 Å². The maximum absolute atomic E-state index is 13.5. The predicted molar refractivity (Wildman–Crippen MR) is 211 cm³/mol. The smallest absolute Gasteiger partial charge is 0.276 e. The van der Waals surface area contributed by atoms with Gasteiger partial charge in [0.2, 0.25) is 23.7 Å². The van der Waals surface area contributed by atoms with Crippen LogP contribution in [0.15, 0.2) is 36.4 Å². The Labute approximate surface area is 326 Å². The van der Waals surface area contributed by atoms with Crippen LogP contribution < -0.4 is 36.9 Å². The van der Waals surface area contributed by atoms with Crippen LogP contribution in [0.5, 0.6) is 11.5 Å². The normalized spacial score (nSPS) is 13.5. The molecule has 6 aromatic rings. The number of benzene rings is 2. The number of carbonyl (C=O) groups is 4. The van der Waals surface area contributed by atoms with Gasteiger partial charge in [0.15, 0.2) is 0 Å². The summed E-state index contributed by atoms with van der Waals surface area (Å²) in [7, 11) is 1.50. The third kappa shape index (κ3) is 7.48. The molecule has 19 heteroatoms. The zero-order valence-electron chi connectivity index (χ0n) is 32.4. The number of nitrogens with zero attached hydrogens (tertiary/aromatic N) is 8. The lowest BCUT2D eigenvalue weighted by molar-refractivity contribution is 0.0991. The molecule has 0 spiro atoms. The van der Waals surface area contributed by atoms with Gasteiger partial charge in [-0.05, 0) is 90.0 Å². The summed E-state index contributed by atoms with van der Waals surface area (Å²) in [6.45, 7) is 10.4. The van der Waals surface area contributed by atoms with Gasteiger partial charge in [0.1, 0.15) is 40.5 Å². The van der Waals surface area contributed by atoms with Crippen molar-refractivity contribution in [3.05, 3.63) is 70.3 Å². The standard InChI is InChI=1S/C38H45N13O6/c1-6-49-27(13-20(3)46-49)35(54)44-37-42-25-15-22(33(39)52)17-29(56-5)31(25)48(37)12-8-10-41-11-9-24-19-57-30-18-23(34(40)53)16-26-32(30)51(24)38(43-26)45-36(55)28-14-21(4)47-50(28)7-2/h13-18,24,41H,6-12,19H2,1-5H3,(H2,39,52)(H2,40,53)(H,42,44,54)(H,43,45,55). The number of aryl methyl sites for hydroxylation is 5. The number of hydrogen-bond donors (Lipinski definition) is 5. The van der Waals surface area contributed by atoms with E-state index in [9.17, 15) is 19.2 Å². The average molecular weight is 780 g/mol. The first-order chi connectivity index (χ1) is 27.4. The summed E-state index contributed by atoms with van der Waals surface area (Å²) < 4.78 is 18.8. The topological polar surface area (TPSA) is 246 Å². The minimum atomic E-state index is -0.630. The van der Waals surface area contributed by atoms with Crippen LogP contribution in [0.4, 0.5) is 11.9 Å². The Hall–Kier alpha value is -6.76. The molecule has 1 atom stereocenters. The average Bonchev–Trinajstić information content (AvgIpc) is 3.96. The van der Waals surface area contributed by atoms with E-state index in [1.807, 2.05) is 36.8 Å². The summed E-state index contributed by atoms with van der Waals surface area (Å²) in [6, 6.07) is 9.54. The van der Waals surface area contributed by atoms with Gasteiger partial charge in [-0.3, -0.25) is 39.2 Å². The molecule has 7 rings (SSSR count). The largest absolute Gasteiger partial charge is 0.494 e. The van der Waals surface area contributed by atoms with E-state index < -0.39 is 11.8 Å². The molecule has 5 heterocycles. The van der Waals surface area contributed by atoms with Crippen molar-refractivity contribution in [3.63, 3.8) is 0 Å². The number of amides is 4. The van der Waals surface area contributed by atoms with Gasteiger partial charge in [-0.25, -0.2) is 9.97 Å². The lowest BCUT2D eigenvalue weighted by atomic mass is 10.1. The van der Waals surface area contributed by atoms with Crippen LogP contribution in [-0.2, 0) is 19.6 Å². The van der Waals surface area contributed by atoms with Crippen LogP contribution in [-0.4, -0.2) is 89.1 Å². The molecule has 4 aromatic heterocycles. The van der Waals surface area contributed by atoms with Crippen molar-refractivity contribution >= 4 is 57.6 Å². The molecule has 0 saturated carbocycles. The Morgan fingerprint density at radius 1 is 0.807 bits per heavy atom. The first-order valence-corrected chi connectivity index (χ1v) is 18.7. The molecule has 0 bridgehead atoms. The molecule has 298 valence electrons. The van der Waals surface area contributed by atoms with E-state index >= 15 is 0 Å². The lowest BCUT2D eigenvalue weighted by Gasteiger charge is -2.27. The molecule has 1 unspecified atom stereocenters. The van der Waals surface area contributed by atoms with Crippen molar-refractivity contribution < 1.29 is 28.7 Å². The molecule has 0 fully saturated rings. The van der Waals surface area contributed by atoms with E-state index in [4.69, 9.17) is 25.9 Å². The monoisotopic (exact) mass is 779 g/mol. The number of methoxy groups -OCH3 is 1. The van der Waals surface area contributed by atoms with Crippen LogP contribution in [0.2, 0.25) is 0 Å². The van der Waals surface area contributed by atoms with Gasteiger partial charge in [-0.1, -0.05) is 0 Å². The van der Waals surface area contributed by atoms with Crippen LogP contribution >= 0.6 is 0 Å². The number of hydrogen-bond acceptors (Lipinski definition) is 11. The highest BCUT2D eigenvalue weighted by molar-refractivity contribution is 6.05. The molecule has 19 nitrogen and oxygen atoms in total. The van der Waals surface area contributed by atoms with Gasteiger partial charge in [-0.2, -0.15) is 10.2 Å². The Bertz CT molecular complexity index is 2540. The first-order valence-electron chi connectivity index (χ1n) is 18.7. The molecule has 1 aliphatic rings. The van der Waals surface area contributed by atoms with Crippen molar-refractivity contribution in [2.45, 2.75) is 66.2 Å². The summed E-state index contributed by atoms with van der Waals surface area (Å²) in [5, 5.41) is 18.2. The van der Waals surface area contributed by atoms with Crippen molar-refractivity contribution in [2.75, 3.05) is 37.4 Å². The molecular weight excluding hydrogens is 735 g/mol. The molecule has 57 heavy (non-hydrogen) atoms. The molecule has 0 saturated heterocycles. The maximum Gasteiger partial charge on any atom is 0.276 e. The Kier molecular flexibility index (Phi) is 10.7. The summed E-state index contributed by atoms with van der Waals surface area (Å²) in [6.07, 6.45) is 1.24. The second kappa shape index (κ2) is 15.8. The number of fused-ring (bicyclic) bond motifs is 1. The minimum Gasteiger partial charge on any atom is -0.494 e. The van der Waals surface area contributed by atoms with E-state index in [0.29, 0.717) is 102 Å². The van der Waals surface area contributed by atoms with E-state index in [1.54, 1.807) is 45.8 Å². The van der Waals surface area contributed by atoms with E-state index in [0.717, 1.165) is 5.69 Å². The molecule has 2 aromatic carbocycles. The predicted octanol–water partition coefficient (Wildman–Crippen LogP) is 3.15. The summed E-state index contributed by atoms with van der Waals surface area (Å²) in [4.78, 5) is 60.6. The lowest BCUT2D eigenvalue weighted by Crippen LogP contribution is -2.29. The van der Waals surface area contributed by atoms with Crippen LogP contribution in [0.25, 0.3) is 22.1 Å². The van der Waals surface area contributed by atoms with Crippen LogP contribution in [0, 0.1) is 13.8 Å². The SMILES string of the molecule is CCn1nc(C)cc1C(=O)Nc1nc2cc(C(N)=O)cc(OC)c2n1CCCNCCC1COc2cc(C(N)=O)cc3nc(NC(=O)c4cc(C)nn4CC)n1c23. The van der Waals surface area contributed by atoms with Crippen molar-refractivity contribution in [1.29, 1.82) is 0 Å². The van der Waals surface area contributed by atoms with Crippen molar-refractivity contribution in [3.8, 4) is 11.5 Å². The molecule has 7 N–H and O–H groups in total. The highest BCUT2D eigenvalue weighted by Gasteiger charge is 2.30. The van der Waals surface area contributed by atoms with Gasteiger partial charge in [0.25, 0.3) is 11.8 Å². The zero-order valence-corrected chi connectivity index (χ0v) is 32.4. The van der Waals surface area contributed by atoms with Gasteiger partial charge in [-0.15, -0.1) is 0 Å². The Balaban J connectivity index is 1.08. The molecular formula is C38H45N13O6. The minimum absolute atomic E-state index is 0.217. The van der Waals surface area contributed by atoms with Gasteiger partial charge < -0.3 is 35.4 Å². The maximum atomic E-state index is 13.5. The fourth-order valence-corrected chi connectivity index (χ4v) is 7.23. The fourth-order valence-electron chi connectivity index (χ4n) is 7.23. The number of ether oxygens (including phenoxy) is 2. The van der Waals surface area contributed by atoms with Crippen molar-refractivity contribution in [2.24, 2.45) is 11.5 Å². The fraction of sp³-hybridized carbons (Fsp3) is 0.368. The second-order valence-electron chi connectivity index (χ2n) is 13.7. The van der Waals surface area contributed by atoms with Gasteiger partial charge in [0.05, 0.1) is 35.6 Å². The highest BCUT2D eigenvalue weighted by atomic mass is 16.5. The molecule has 0 aliphatic carbocycles. The number of anilines is 2. The summed E-state index contributed by atoms with van der Waals surface area (Å²) >= 11 is 0. The van der Waals surface area contributed by atoms with Crippen LogP contribution in [0.3, 0.4) is 0 Å². The number of nitrogens with one attached hydrogen (secondary N) is 3. The molecule has 1 aliphatic heterocycles. The summed E-state index contributed by atoms with van der Waals surface area (Å²) in [5.74, 6) is -0.536. The quantitative estimate of drug-likeness (QED) is 0.0893. The second-order valence-corrected chi connectivity index (χ2v) is 13.7. The number of carbonyl (C=O) groups excluding carboxylic acids is 4. The number of rotatable bonds is 16. The van der Waals surface area contributed by atoms with Crippen molar-refractivity contribution in [1.82, 2.24) is 44.0 Å². The van der Waals surface area contributed by atoms with Gasteiger partial charge in [0, 0.05) is 30.8 Å². The molecule has 4 amide bonds. The Morgan fingerprint density at radius 3 is 1.98 bits per heavy atom. The molecule has 0 radical (unpaired) electrons. The third-order valence-corrected chi connectivity index (χ3v) is 9.85. The number of aromatic nitrogens is 8. The first kappa shape index (κ1) is 38.5. The third-order valence-electron chi connectivity index (χ3n) is 9.85. The number of imidazole rings is 2. The zero-order chi connectivity index (χ0) is 40.5. The number of nitrogens with two attached hydrogens (primary N) is 2. The van der Waals surface area contributed by atoms with Gasteiger partial charge >= 0.3 is 0 Å². The number of primary amides is 2. The van der Waals surface area contributed by atoms with E-state index in [-0.39, 0.29) is 41.5 Å².